The van der Waals surface area contributed by atoms with Gasteiger partial charge in [0.05, 0.1) is 6.54 Å². The number of fused-ring (bicyclic) bond motifs is 3. The summed E-state index contributed by atoms with van der Waals surface area (Å²) in [6.07, 6.45) is -0.444. The number of aryl methyl sites for hydroxylation is 1. The molecule has 0 radical (unpaired) electrons. The highest BCUT2D eigenvalue weighted by Crippen LogP contribution is 2.34. The van der Waals surface area contributed by atoms with Crippen LogP contribution in [0.15, 0.2) is 36.4 Å². The Morgan fingerprint density at radius 3 is 2.71 bits per heavy atom. The van der Waals surface area contributed by atoms with E-state index in [1.807, 2.05) is 6.92 Å². The summed E-state index contributed by atoms with van der Waals surface area (Å²) < 4.78 is 0. The fourth-order valence-corrected chi connectivity index (χ4v) is 4.64. The lowest BCUT2D eigenvalue weighted by Gasteiger charge is -2.46. The van der Waals surface area contributed by atoms with Crippen molar-refractivity contribution in [2.24, 2.45) is 5.92 Å². The Morgan fingerprint density at radius 2 is 2.04 bits per heavy atom. The number of amides is 3. The van der Waals surface area contributed by atoms with Crippen LogP contribution in [-0.2, 0) is 4.79 Å². The first-order valence-corrected chi connectivity index (χ1v) is 9.85. The van der Waals surface area contributed by atoms with Crippen LogP contribution < -0.4 is 10.2 Å². The van der Waals surface area contributed by atoms with E-state index in [0.717, 1.165) is 24.4 Å². The average Bonchev–Trinajstić information content (AvgIpc) is 3.02. The van der Waals surface area contributed by atoms with Crippen LogP contribution in [-0.4, -0.2) is 71.8 Å². The van der Waals surface area contributed by atoms with Crippen LogP contribution in [0.1, 0.15) is 19.4 Å². The molecule has 3 amide bonds. The molecule has 4 atom stereocenters. The highest BCUT2D eigenvalue weighted by Gasteiger charge is 2.56. The number of anilines is 1. The number of urea groups is 1. The molecule has 0 saturated carbocycles. The van der Waals surface area contributed by atoms with Crippen molar-refractivity contribution in [2.45, 2.75) is 39.3 Å². The van der Waals surface area contributed by atoms with Gasteiger partial charge in [-0.05, 0) is 37.5 Å². The topological polar surface area (TPSA) is 59.1 Å². The van der Waals surface area contributed by atoms with Gasteiger partial charge in [-0.15, -0.1) is 0 Å². The largest absolute Gasteiger partial charge is 0.343 e. The van der Waals surface area contributed by atoms with Gasteiger partial charge in [-0.25, -0.2) is 4.79 Å². The maximum absolute atomic E-state index is 13.3. The highest BCUT2D eigenvalue weighted by atomic mass is 16.2. The number of rotatable bonds is 3. The Labute approximate surface area is 166 Å². The molecule has 0 bridgehead atoms. The van der Waals surface area contributed by atoms with Crippen LogP contribution in [0.2, 0.25) is 0 Å². The summed E-state index contributed by atoms with van der Waals surface area (Å²) in [4.78, 5) is 33.6. The minimum absolute atomic E-state index is 0.114. The Kier molecular flexibility index (Phi) is 4.67. The van der Waals surface area contributed by atoms with Gasteiger partial charge in [-0.2, -0.15) is 0 Å². The minimum atomic E-state index is -0.387. The number of nitrogens with one attached hydrogen (secondary N) is 1. The Balaban J connectivity index is 1.69. The molecular weight excluding hydrogens is 354 g/mol. The second-order valence-corrected chi connectivity index (χ2v) is 8.50. The Hall–Kier alpha value is -2.38. The van der Waals surface area contributed by atoms with E-state index >= 15 is 0 Å². The molecule has 3 heterocycles. The van der Waals surface area contributed by atoms with Gasteiger partial charge in [-0.3, -0.25) is 19.9 Å². The number of hydrogen-bond acceptors (Lipinski definition) is 5. The highest BCUT2D eigenvalue weighted by molar-refractivity contribution is 6.00. The first-order valence-electron chi connectivity index (χ1n) is 9.85. The van der Waals surface area contributed by atoms with Crippen molar-refractivity contribution in [1.29, 1.82) is 0 Å². The molecule has 28 heavy (non-hydrogen) atoms. The van der Waals surface area contributed by atoms with Crippen molar-refractivity contribution in [3.63, 3.8) is 0 Å². The zero-order valence-corrected chi connectivity index (χ0v) is 17.1. The molecule has 0 aliphatic carbocycles. The maximum atomic E-state index is 13.3. The number of carbonyl (C=O) groups excluding carboxylic acids is 2. The molecule has 1 aromatic carbocycles. The van der Waals surface area contributed by atoms with Gasteiger partial charge in [0.25, 0.3) is 5.91 Å². The van der Waals surface area contributed by atoms with Crippen LogP contribution in [0, 0.1) is 12.8 Å². The van der Waals surface area contributed by atoms with Crippen LogP contribution in [0.4, 0.5) is 10.5 Å². The number of benzene rings is 1. The molecule has 0 aromatic heterocycles. The Bertz CT molecular complexity index is 825. The predicted molar refractivity (Wildman–Crippen MR) is 109 cm³/mol. The van der Waals surface area contributed by atoms with E-state index in [1.165, 1.54) is 10.5 Å². The zero-order chi connectivity index (χ0) is 20.2. The molecule has 7 heteroatoms. The molecule has 3 aliphatic rings. The van der Waals surface area contributed by atoms with E-state index in [0.29, 0.717) is 5.92 Å². The summed E-state index contributed by atoms with van der Waals surface area (Å²) in [5.41, 5.74) is 3.13. The second-order valence-electron chi connectivity index (χ2n) is 8.50. The Morgan fingerprint density at radius 1 is 1.29 bits per heavy atom. The summed E-state index contributed by atoms with van der Waals surface area (Å²) in [7, 11) is 1.77. The summed E-state index contributed by atoms with van der Waals surface area (Å²) in [5, 5.41) is 3.55. The SMILES string of the molecule is C=C(C)CN1C(=O)C2C(NC3N(c4cccc(C)c4)CC(C)CN23)N(C)C1=O. The van der Waals surface area contributed by atoms with E-state index in [4.69, 9.17) is 0 Å². The maximum Gasteiger partial charge on any atom is 0.328 e. The van der Waals surface area contributed by atoms with Crippen molar-refractivity contribution < 1.29 is 9.59 Å². The van der Waals surface area contributed by atoms with Crippen molar-refractivity contribution in [1.82, 2.24) is 20.0 Å². The molecular formula is C21H29N5O2. The van der Waals surface area contributed by atoms with Gasteiger partial charge in [0.2, 0.25) is 0 Å². The minimum Gasteiger partial charge on any atom is -0.343 e. The third kappa shape index (κ3) is 2.99. The van der Waals surface area contributed by atoms with Gasteiger partial charge in [0.1, 0.15) is 18.5 Å². The summed E-state index contributed by atoms with van der Waals surface area (Å²) in [5.74, 6) is 0.270. The predicted octanol–water partition coefficient (Wildman–Crippen LogP) is 1.80. The number of nitrogens with zero attached hydrogens (tertiary/aromatic N) is 4. The van der Waals surface area contributed by atoms with Gasteiger partial charge >= 0.3 is 6.03 Å². The molecule has 4 unspecified atom stereocenters. The molecule has 4 rings (SSSR count). The van der Waals surface area contributed by atoms with Crippen molar-refractivity contribution >= 4 is 17.6 Å². The molecule has 150 valence electrons. The van der Waals surface area contributed by atoms with E-state index < -0.39 is 0 Å². The van der Waals surface area contributed by atoms with Crippen LogP contribution in [0.5, 0.6) is 0 Å². The van der Waals surface area contributed by atoms with Crippen LogP contribution >= 0.6 is 0 Å². The molecule has 3 fully saturated rings. The molecule has 7 nitrogen and oxygen atoms in total. The first-order chi connectivity index (χ1) is 13.3. The lowest BCUT2D eigenvalue weighted by molar-refractivity contribution is -0.138. The standard InChI is InChI=1S/C21H29N5O2/c1-13(2)10-26-19(27)17-18(23(5)21(26)28)22-20-24(11-15(4)12-25(17)20)16-8-6-7-14(3)9-16/h6-9,15,17-18,20,22H,1,10-12H2,2-5H3. The average molecular weight is 383 g/mol. The lowest BCUT2D eigenvalue weighted by Crippen LogP contribution is -2.66. The smallest absolute Gasteiger partial charge is 0.328 e. The normalized spacial score (nSPS) is 30.5. The van der Waals surface area contributed by atoms with E-state index in [9.17, 15) is 9.59 Å². The number of carbonyl (C=O) groups is 2. The number of likely N-dealkylation sites (N-methyl/N-ethyl adjacent to an activating group) is 1. The molecule has 0 spiro atoms. The van der Waals surface area contributed by atoms with Gasteiger partial charge in [-0.1, -0.05) is 31.2 Å². The fourth-order valence-electron chi connectivity index (χ4n) is 4.64. The van der Waals surface area contributed by atoms with E-state index in [-0.39, 0.29) is 37.0 Å². The van der Waals surface area contributed by atoms with Crippen molar-refractivity contribution in [3.05, 3.63) is 42.0 Å². The quantitative estimate of drug-likeness (QED) is 0.807. The van der Waals surface area contributed by atoms with Crippen LogP contribution in [0.25, 0.3) is 0 Å². The van der Waals surface area contributed by atoms with Gasteiger partial charge < -0.3 is 9.80 Å². The molecule has 3 saturated heterocycles. The second kappa shape index (κ2) is 6.90. The third-order valence-corrected chi connectivity index (χ3v) is 5.85. The summed E-state index contributed by atoms with van der Waals surface area (Å²) >= 11 is 0. The first kappa shape index (κ1) is 19.0. The van der Waals surface area contributed by atoms with Crippen LogP contribution in [0.3, 0.4) is 0 Å². The van der Waals surface area contributed by atoms with Gasteiger partial charge in [0.15, 0.2) is 0 Å². The van der Waals surface area contributed by atoms with Crippen molar-refractivity contribution in [3.8, 4) is 0 Å². The monoisotopic (exact) mass is 383 g/mol. The van der Waals surface area contributed by atoms with E-state index in [2.05, 4.69) is 59.8 Å². The summed E-state index contributed by atoms with van der Waals surface area (Å²) in [6, 6.07) is 7.77. The number of imide groups is 1. The third-order valence-electron chi connectivity index (χ3n) is 5.85. The fraction of sp³-hybridized carbons (Fsp3) is 0.524. The molecule has 3 aliphatic heterocycles. The molecule has 1 aromatic rings. The zero-order valence-electron chi connectivity index (χ0n) is 17.1. The summed E-state index contributed by atoms with van der Waals surface area (Å²) in [6.45, 7) is 12.0. The van der Waals surface area contributed by atoms with Gasteiger partial charge in [0, 0.05) is 25.8 Å². The number of hydrogen-bond donors (Lipinski definition) is 1. The molecule has 1 N–H and O–H groups in total. The lowest BCUT2D eigenvalue weighted by atomic mass is 10.0. The van der Waals surface area contributed by atoms with E-state index in [1.54, 1.807) is 11.9 Å². The van der Waals surface area contributed by atoms with Crippen molar-refractivity contribution in [2.75, 3.05) is 31.6 Å².